The minimum absolute atomic E-state index is 0.0144. The molecular weight excluding hydrogens is 296 g/mol. The van der Waals surface area contributed by atoms with Crippen LogP contribution in [0, 0.1) is 6.92 Å². The van der Waals surface area contributed by atoms with Crippen LogP contribution in [0.1, 0.15) is 28.4 Å². The lowest BCUT2D eigenvalue weighted by Gasteiger charge is -2.04. The highest BCUT2D eigenvalue weighted by Gasteiger charge is 2.14. The number of aryl methyl sites for hydroxylation is 1. The lowest BCUT2D eigenvalue weighted by Crippen LogP contribution is -2.05. The Morgan fingerprint density at radius 2 is 1.87 bits per heavy atom. The van der Waals surface area contributed by atoms with E-state index in [0.29, 0.717) is 5.56 Å². The van der Waals surface area contributed by atoms with E-state index in [1.165, 1.54) is 6.07 Å². The molecule has 0 aliphatic rings. The number of aromatic hydroxyl groups is 1. The molecule has 0 saturated heterocycles. The molecule has 0 heterocycles. The molecule has 5 nitrogen and oxygen atoms in total. The van der Waals surface area contributed by atoms with Crippen LogP contribution >= 0.6 is 0 Å². The molecule has 0 aliphatic heterocycles. The number of benzene rings is 1. The molecule has 0 aromatic heterocycles. The Labute approximate surface area is 134 Å². The topological polar surface area (TPSA) is 72.8 Å². The summed E-state index contributed by atoms with van der Waals surface area (Å²) in [6, 6.07) is 11.9. The number of hydrogen-bond donors (Lipinski definition) is 1. The molecule has 120 valence electrons. The first-order valence-electron chi connectivity index (χ1n) is 7.24. The van der Waals surface area contributed by atoms with E-state index < -0.39 is 17.1 Å². The predicted molar refractivity (Wildman–Crippen MR) is 85.8 cm³/mol. The quantitative estimate of drug-likeness (QED) is 0.859. The minimum atomic E-state index is -0.667. The van der Waals surface area contributed by atoms with Gasteiger partial charge in [0.05, 0.1) is 12.2 Å². The molecule has 2 aromatic carbocycles. The first-order valence-corrected chi connectivity index (χ1v) is 7.24. The molecule has 2 aromatic rings. The molecule has 0 spiro atoms. The maximum atomic E-state index is 12.1. The molecule has 0 bridgehead atoms. The van der Waals surface area contributed by atoms with E-state index in [2.05, 4.69) is 0 Å². The number of carbonyl (C=O) groups is 1. The highest BCUT2D eigenvalue weighted by molar-refractivity contribution is 5.91. The SMILES string of the molecule is CCOC(=O)c1cc(O)c(=O)c(OCc2ccccc2)cc1C. The summed E-state index contributed by atoms with van der Waals surface area (Å²) in [4.78, 5) is 24.0. The molecule has 0 radical (unpaired) electrons. The van der Waals surface area contributed by atoms with E-state index in [-0.39, 0.29) is 24.5 Å². The summed E-state index contributed by atoms with van der Waals surface area (Å²) in [5, 5.41) is 9.88. The van der Waals surface area contributed by atoms with E-state index in [4.69, 9.17) is 9.47 Å². The van der Waals surface area contributed by atoms with Gasteiger partial charge < -0.3 is 14.6 Å². The molecule has 0 saturated carbocycles. The molecular formula is C18H18O5. The zero-order valence-electron chi connectivity index (χ0n) is 13.0. The largest absolute Gasteiger partial charge is 0.504 e. The molecule has 0 aliphatic carbocycles. The Bertz CT molecular complexity index is 753. The van der Waals surface area contributed by atoms with E-state index >= 15 is 0 Å². The van der Waals surface area contributed by atoms with Crippen molar-refractivity contribution in [2.24, 2.45) is 0 Å². The fourth-order valence-corrected chi connectivity index (χ4v) is 2.05. The fraction of sp³-hybridized carbons (Fsp3) is 0.222. The normalized spacial score (nSPS) is 10.2. The summed E-state index contributed by atoms with van der Waals surface area (Å²) in [6.07, 6.45) is 0. The van der Waals surface area contributed by atoms with Crippen molar-refractivity contribution in [3.8, 4) is 11.5 Å². The number of esters is 1. The Kier molecular flexibility index (Phi) is 5.36. The van der Waals surface area contributed by atoms with Gasteiger partial charge in [0.15, 0.2) is 11.5 Å². The molecule has 5 heteroatoms. The van der Waals surface area contributed by atoms with Crippen molar-refractivity contribution in [2.75, 3.05) is 6.61 Å². The van der Waals surface area contributed by atoms with Gasteiger partial charge in [0.25, 0.3) is 5.43 Å². The van der Waals surface area contributed by atoms with Crippen LogP contribution in [0.5, 0.6) is 11.5 Å². The van der Waals surface area contributed by atoms with E-state index in [0.717, 1.165) is 11.6 Å². The van der Waals surface area contributed by atoms with E-state index in [1.807, 2.05) is 30.3 Å². The number of hydrogen-bond acceptors (Lipinski definition) is 5. The van der Waals surface area contributed by atoms with Crippen molar-refractivity contribution >= 4 is 5.97 Å². The van der Waals surface area contributed by atoms with Crippen molar-refractivity contribution in [2.45, 2.75) is 20.5 Å². The van der Waals surface area contributed by atoms with Crippen molar-refractivity contribution < 1.29 is 19.4 Å². The van der Waals surface area contributed by atoms with Crippen molar-refractivity contribution in [3.05, 3.63) is 69.4 Å². The summed E-state index contributed by atoms with van der Waals surface area (Å²) in [6.45, 7) is 3.73. The van der Waals surface area contributed by atoms with Crippen LogP contribution in [-0.2, 0) is 11.3 Å². The van der Waals surface area contributed by atoms with Gasteiger partial charge in [-0.3, -0.25) is 4.79 Å². The average Bonchev–Trinajstić information content (AvgIpc) is 2.66. The Morgan fingerprint density at radius 1 is 1.17 bits per heavy atom. The Balaban J connectivity index is 2.36. The highest BCUT2D eigenvalue weighted by Crippen LogP contribution is 2.18. The third-order valence-electron chi connectivity index (χ3n) is 3.24. The number of carbonyl (C=O) groups excluding carboxylic acids is 1. The summed E-state index contributed by atoms with van der Waals surface area (Å²) < 4.78 is 10.4. The molecule has 1 N–H and O–H groups in total. The standard InChI is InChI=1S/C18H18O5/c1-3-22-18(21)14-10-15(19)17(20)16(9-12(14)2)23-11-13-7-5-4-6-8-13/h4-10H,3,11H2,1-2H3,(H,19,20). The molecule has 0 unspecified atom stereocenters. The Morgan fingerprint density at radius 3 is 2.52 bits per heavy atom. The monoisotopic (exact) mass is 314 g/mol. The van der Waals surface area contributed by atoms with Gasteiger partial charge >= 0.3 is 5.97 Å². The highest BCUT2D eigenvalue weighted by atomic mass is 16.5. The first-order chi connectivity index (χ1) is 11.0. The summed E-state index contributed by atoms with van der Waals surface area (Å²) in [5.41, 5.74) is 0.848. The summed E-state index contributed by atoms with van der Waals surface area (Å²) >= 11 is 0. The predicted octanol–water partition coefficient (Wildman–Crippen LogP) is 2.82. The lowest BCUT2D eigenvalue weighted by molar-refractivity contribution is 0.0525. The van der Waals surface area contributed by atoms with Crippen molar-refractivity contribution in [1.29, 1.82) is 0 Å². The minimum Gasteiger partial charge on any atom is -0.504 e. The second-order valence-electron chi connectivity index (χ2n) is 4.96. The third-order valence-corrected chi connectivity index (χ3v) is 3.24. The van der Waals surface area contributed by atoms with Gasteiger partial charge in [-0.05, 0) is 37.1 Å². The molecule has 0 atom stereocenters. The maximum Gasteiger partial charge on any atom is 0.338 e. The maximum absolute atomic E-state index is 12.1. The fourth-order valence-electron chi connectivity index (χ4n) is 2.05. The van der Waals surface area contributed by atoms with Crippen LogP contribution in [0.4, 0.5) is 0 Å². The molecule has 0 fully saturated rings. The second kappa shape index (κ2) is 7.45. The summed E-state index contributed by atoms with van der Waals surface area (Å²) in [7, 11) is 0. The van der Waals surface area contributed by atoms with E-state index in [1.54, 1.807) is 13.8 Å². The smallest absolute Gasteiger partial charge is 0.338 e. The zero-order valence-corrected chi connectivity index (χ0v) is 13.0. The molecule has 2 rings (SSSR count). The van der Waals surface area contributed by atoms with Crippen LogP contribution in [0.3, 0.4) is 0 Å². The van der Waals surface area contributed by atoms with Crippen molar-refractivity contribution in [1.82, 2.24) is 0 Å². The van der Waals surface area contributed by atoms with Gasteiger partial charge in [-0.15, -0.1) is 0 Å². The molecule has 23 heavy (non-hydrogen) atoms. The van der Waals surface area contributed by atoms with Gasteiger partial charge in [0.1, 0.15) is 6.61 Å². The Hall–Kier alpha value is -2.82. The first kappa shape index (κ1) is 16.5. The zero-order chi connectivity index (χ0) is 16.8. The van der Waals surface area contributed by atoms with Crippen LogP contribution < -0.4 is 10.2 Å². The van der Waals surface area contributed by atoms with Gasteiger partial charge in [0.2, 0.25) is 0 Å². The summed E-state index contributed by atoms with van der Waals surface area (Å²) in [5.74, 6) is -1.16. The van der Waals surface area contributed by atoms with Gasteiger partial charge in [-0.25, -0.2) is 4.79 Å². The van der Waals surface area contributed by atoms with Crippen LogP contribution in [0.25, 0.3) is 0 Å². The van der Waals surface area contributed by atoms with Crippen LogP contribution in [-0.4, -0.2) is 17.7 Å². The van der Waals surface area contributed by atoms with Crippen LogP contribution in [0.2, 0.25) is 0 Å². The van der Waals surface area contributed by atoms with Gasteiger partial charge in [-0.2, -0.15) is 0 Å². The van der Waals surface area contributed by atoms with Gasteiger partial charge in [0, 0.05) is 0 Å². The number of ether oxygens (including phenoxy) is 2. The van der Waals surface area contributed by atoms with Crippen molar-refractivity contribution in [3.63, 3.8) is 0 Å². The van der Waals surface area contributed by atoms with Crippen LogP contribution in [0.15, 0.2) is 47.3 Å². The second-order valence-corrected chi connectivity index (χ2v) is 4.96. The van der Waals surface area contributed by atoms with Gasteiger partial charge in [-0.1, -0.05) is 30.3 Å². The molecule has 0 amide bonds. The lowest BCUT2D eigenvalue weighted by atomic mass is 10.2. The average molecular weight is 314 g/mol. The number of rotatable bonds is 5. The van der Waals surface area contributed by atoms with E-state index in [9.17, 15) is 14.7 Å². The third kappa shape index (κ3) is 4.10.